The van der Waals surface area contributed by atoms with Crippen LogP contribution < -0.4 is 10.6 Å². The average molecular weight is 361 g/mol. The van der Waals surface area contributed by atoms with Gasteiger partial charge in [0.1, 0.15) is 5.82 Å². The molecule has 6 heteroatoms. The SMILES string of the molecule is CCNC(=NCc1ccc(F)cc1CSC)NCCc1ccccn1. The predicted molar refractivity (Wildman–Crippen MR) is 104 cm³/mol. The van der Waals surface area contributed by atoms with Gasteiger partial charge in [0.15, 0.2) is 5.96 Å². The molecule has 1 aromatic heterocycles. The van der Waals surface area contributed by atoms with Crippen LogP contribution in [0.4, 0.5) is 4.39 Å². The van der Waals surface area contributed by atoms with Gasteiger partial charge in [-0.15, -0.1) is 0 Å². The summed E-state index contributed by atoms with van der Waals surface area (Å²) in [6.07, 6.45) is 4.65. The van der Waals surface area contributed by atoms with E-state index in [1.807, 2.05) is 37.4 Å². The Morgan fingerprint density at radius 3 is 2.80 bits per heavy atom. The summed E-state index contributed by atoms with van der Waals surface area (Å²) in [6.45, 7) is 4.10. The van der Waals surface area contributed by atoms with Crippen molar-refractivity contribution in [2.45, 2.75) is 25.6 Å². The Bertz CT molecular complexity index is 676. The molecule has 1 aromatic carbocycles. The Labute approximate surface area is 153 Å². The highest BCUT2D eigenvalue weighted by Crippen LogP contribution is 2.17. The van der Waals surface area contributed by atoms with Gasteiger partial charge in [-0.3, -0.25) is 4.98 Å². The quantitative estimate of drug-likeness (QED) is 0.560. The highest BCUT2D eigenvalue weighted by Gasteiger charge is 2.05. The van der Waals surface area contributed by atoms with E-state index in [0.717, 1.165) is 48.0 Å². The van der Waals surface area contributed by atoms with Crippen molar-refractivity contribution in [3.8, 4) is 0 Å². The molecule has 0 bridgehead atoms. The maximum atomic E-state index is 13.4. The molecular formula is C19H25FN4S. The van der Waals surface area contributed by atoms with Crippen LogP contribution in [0.15, 0.2) is 47.6 Å². The molecule has 0 saturated carbocycles. The molecule has 4 nitrogen and oxygen atoms in total. The molecule has 0 saturated heterocycles. The van der Waals surface area contributed by atoms with Gasteiger partial charge in [0.2, 0.25) is 0 Å². The molecular weight excluding hydrogens is 335 g/mol. The van der Waals surface area contributed by atoms with Crippen molar-refractivity contribution in [1.29, 1.82) is 0 Å². The number of benzene rings is 1. The van der Waals surface area contributed by atoms with Gasteiger partial charge in [0.25, 0.3) is 0 Å². The Kier molecular flexibility index (Phi) is 8.25. The fourth-order valence-corrected chi connectivity index (χ4v) is 2.98. The van der Waals surface area contributed by atoms with E-state index < -0.39 is 0 Å². The number of nitrogens with zero attached hydrogens (tertiary/aromatic N) is 2. The highest BCUT2D eigenvalue weighted by atomic mass is 32.2. The molecule has 0 amide bonds. The zero-order valence-corrected chi connectivity index (χ0v) is 15.6. The van der Waals surface area contributed by atoms with Gasteiger partial charge in [0.05, 0.1) is 6.54 Å². The first-order valence-electron chi connectivity index (χ1n) is 8.41. The molecule has 2 rings (SSSR count). The number of aromatic nitrogens is 1. The number of halogens is 1. The van der Waals surface area contributed by atoms with E-state index in [1.165, 1.54) is 6.07 Å². The minimum atomic E-state index is -0.197. The number of guanidine groups is 1. The maximum Gasteiger partial charge on any atom is 0.191 e. The second-order valence-electron chi connectivity index (χ2n) is 5.54. The van der Waals surface area contributed by atoms with E-state index >= 15 is 0 Å². The number of aliphatic imine (C=N–C) groups is 1. The highest BCUT2D eigenvalue weighted by molar-refractivity contribution is 7.97. The maximum absolute atomic E-state index is 13.4. The summed E-state index contributed by atoms with van der Waals surface area (Å²) in [4.78, 5) is 8.95. The Balaban J connectivity index is 1.97. The van der Waals surface area contributed by atoms with Crippen molar-refractivity contribution in [3.63, 3.8) is 0 Å². The molecule has 0 aliphatic rings. The average Bonchev–Trinajstić information content (AvgIpc) is 2.62. The summed E-state index contributed by atoms with van der Waals surface area (Å²) in [5, 5.41) is 6.56. The number of hydrogen-bond acceptors (Lipinski definition) is 3. The number of pyridine rings is 1. The molecule has 0 aliphatic carbocycles. The van der Waals surface area contributed by atoms with E-state index in [4.69, 9.17) is 0 Å². The second-order valence-corrected chi connectivity index (χ2v) is 6.41. The summed E-state index contributed by atoms with van der Waals surface area (Å²) < 4.78 is 13.4. The van der Waals surface area contributed by atoms with Crippen LogP contribution in [-0.2, 0) is 18.7 Å². The van der Waals surface area contributed by atoms with Gasteiger partial charge < -0.3 is 10.6 Å². The van der Waals surface area contributed by atoms with E-state index in [-0.39, 0.29) is 5.82 Å². The van der Waals surface area contributed by atoms with Crippen LogP contribution in [0.3, 0.4) is 0 Å². The topological polar surface area (TPSA) is 49.3 Å². The number of rotatable bonds is 8. The van der Waals surface area contributed by atoms with Crippen LogP contribution in [0.1, 0.15) is 23.7 Å². The van der Waals surface area contributed by atoms with Crippen LogP contribution in [0, 0.1) is 5.82 Å². The fraction of sp³-hybridized carbons (Fsp3) is 0.368. The van der Waals surface area contributed by atoms with Crippen molar-refractivity contribution in [1.82, 2.24) is 15.6 Å². The third-order valence-electron chi connectivity index (χ3n) is 3.62. The zero-order valence-electron chi connectivity index (χ0n) is 14.8. The van der Waals surface area contributed by atoms with Crippen LogP contribution in [-0.4, -0.2) is 30.3 Å². The number of thioether (sulfide) groups is 1. The minimum Gasteiger partial charge on any atom is -0.357 e. The summed E-state index contributed by atoms with van der Waals surface area (Å²) >= 11 is 1.68. The first-order valence-corrected chi connectivity index (χ1v) is 9.80. The third kappa shape index (κ3) is 6.74. The Hall–Kier alpha value is -2.08. The van der Waals surface area contributed by atoms with E-state index in [2.05, 4.69) is 20.6 Å². The van der Waals surface area contributed by atoms with Gasteiger partial charge in [-0.2, -0.15) is 11.8 Å². The van der Waals surface area contributed by atoms with Crippen molar-refractivity contribution in [3.05, 3.63) is 65.2 Å². The monoisotopic (exact) mass is 360 g/mol. The normalized spacial score (nSPS) is 11.4. The molecule has 0 radical (unpaired) electrons. The van der Waals surface area contributed by atoms with Crippen LogP contribution in [0.25, 0.3) is 0 Å². The van der Waals surface area contributed by atoms with Gasteiger partial charge in [0, 0.05) is 37.2 Å². The largest absolute Gasteiger partial charge is 0.357 e. The molecule has 1 heterocycles. The molecule has 0 unspecified atom stereocenters. The van der Waals surface area contributed by atoms with E-state index in [9.17, 15) is 4.39 Å². The van der Waals surface area contributed by atoms with Crippen molar-refractivity contribution in [2.24, 2.45) is 4.99 Å². The standard InChI is InChI=1S/C19H25FN4S/c1-3-21-19(23-11-9-18-6-4-5-10-22-18)24-13-15-7-8-17(20)12-16(15)14-25-2/h4-8,10,12H,3,9,11,13-14H2,1-2H3,(H2,21,23,24). The smallest absolute Gasteiger partial charge is 0.191 e. The molecule has 0 aliphatic heterocycles. The molecule has 0 fully saturated rings. The number of hydrogen-bond donors (Lipinski definition) is 2. The number of nitrogens with one attached hydrogen (secondary N) is 2. The van der Waals surface area contributed by atoms with Crippen LogP contribution in [0.2, 0.25) is 0 Å². The third-order valence-corrected chi connectivity index (χ3v) is 4.22. The molecule has 0 spiro atoms. The van der Waals surface area contributed by atoms with Crippen molar-refractivity contribution < 1.29 is 4.39 Å². The van der Waals surface area contributed by atoms with Gasteiger partial charge in [-0.25, -0.2) is 9.38 Å². The lowest BCUT2D eigenvalue weighted by Gasteiger charge is -2.12. The van der Waals surface area contributed by atoms with E-state index in [0.29, 0.717) is 6.54 Å². The second kappa shape index (κ2) is 10.7. The van der Waals surface area contributed by atoms with E-state index in [1.54, 1.807) is 24.0 Å². The van der Waals surface area contributed by atoms with Gasteiger partial charge in [-0.1, -0.05) is 12.1 Å². The fourth-order valence-electron chi connectivity index (χ4n) is 2.40. The lowest BCUT2D eigenvalue weighted by molar-refractivity contribution is 0.625. The van der Waals surface area contributed by atoms with Crippen LogP contribution >= 0.6 is 11.8 Å². The summed E-state index contributed by atoms with van der Waals surface area (Å²) in [7, 11) is 0. The van der Waals surface area contributed by atoms with Crippen molar-refractivity contribution in [2.75, 3.05) is 19.3 Å². The van der Waals surface area contributed by atoms with Crippen LogP contribution in [0.5, 0.6) is 0 Å². The first-order chi connectivity index (χ1) is 12.2. The minimum absolute atomic E-state index is 0.197. The molecule has 25 heavy (non-hydrogen) atoms. The molecule has 2 aromatic rings. The Morgan fingerprint density at radius 2 is 2.08 bits per heavy atom. The summed E-state index contributed by atoms with van der Waals surface area (Å²) in [5.41, 5.74) is 3.10. The van der Waals surface area contributed by atoms with Crippen molar-refractivity contribution >= 4 is 17.7 Å². The predicted octanol–water partition coefficient (Wildman–Crippen LogP) is 3.38. The molecule has 2 N–H and O–H groups in total. The van der Waals surface area contributed by atoms with Gasteiger partial charge >= 0.3 is 0 Å². The lowest BCUT2D eigenvalue weighted by atomic mass is 10.1. The first kappa shape index (κ1) is 19.2. The lowest BCUT2D eigenvalue weighted by Crippen LogP contribution is -2.38. The Morgan fingerprint density at radius 1 is 1.20 bits per heavy atom. The summed E-state index contributed by atoms with van der Waals surface area (Å²) in [5.74, 6) is 1.35. The molecule has 0 atom stereocenters. The summed E-state index contributed by atoms with van der Waals surface area (Å²) in [6, 6.07) is 10.8. The molecule has 134 valence electrons. The zero-order chi connectivity index (χ0) is 17.9. The van der Waals surface area contributed by atoms with Gasteiger partial charge in [-0.05, 0) is 48.6 Å².